The molecule has 1 aromatic heterocycles. The number of hydrogen-bond donors (Lipinski definition) is 0. The number of nitrogens with zero attached hydrogens (tertiary/aromatic N) is 2. The van der Waals surface area contributed by atoms with E-state index in [0.717, 1.165) is 28.8 Å². The molecule has 4 nitrogen and oxygen atoms in total. The molecule has 0 aliphatic carbocycles. The molecule has 0 unspecified atom stereocenters. The predicted molar refractivity (Wildman–Crippen MR) is 115 cm³/mol. The molecule has 3 rings (SSSR count). The Morgan fingerprint density at radius 3 is 2.86 bits per heavy atom. The van der Waals surface area contributed by atoms with Crippen LogP contribution in [-0.4, -0.2) is 24.5 Å². The molecule has 0 N–H and O–H groups in total. The van der Waals surface area contributed by atoms with Crippen LogP contribution in [0.1, 0.15) is 36.5 Å². The molecule has 1 amide bonds. The first-order chi connectivity index (χ1) is 13.7. The predicted octanol–water partition coefficient (Wildman–Crippen LogP) is 5.64. The molecule has 0 spiro atoms. The molecule has 0 radical (unpaired) electrons. The Morgan fingerprint density at radius 2 is 2.00 bits per heavy atom. The van der Waals surface area contributed by atoms with Crippen LogP contribution in [-0.2, 0) is 0 Å². The maximum Gasteiger partial charge on any atom is 0.258 e. The van der Waals surface area contributed by atoms with Gasteiger partial charge in [-0.1, -0.05) is 44.1 Å². The van der Waals surface area contributed by atoms with Gasteiger partial charge in [0.2, 0.25) is 0 Å². The molecular weight excluding hydrogens is 348 g/mol. The topological polar surface area (TPSA) is 42.4 Å². The van der Waals surface area contributed by atoms with Crippen molar-refractivity contribution in [3.05, 3.63) is 78.5 Å². The Hall–Kier alpha value is -3.14. The number of rotatable bonds is 8. The highest BCUT2D eigenvalue weighted by atomic mass is 16.5. The first-order valence-corrected chi connectivity index (χ1v) is 9.69. The van der Waals surface area contributed by atoms with Crippen LogP contribution < -0.4 is 9.64 Å². The number of unbranched alkanes of at least 4 members (excludes halogenated alkanes) is 2. The zero-order valence-electron chi connectivity index (χ0n) is 16.5. The third kappa shape index (κ3) is 4.97. The molecule has 144 valence electrons. The Kier molecular flexibility index (Phi) is 6.79. The Morgan fingerprint density at radius 1 is 1.11 bits per heavy atom. The quantitative estimate of drug-likeness (QED) is 0.379. The summed E-state index contributed by atoms with van der Waals surface area (Å²) in [6.07, 6.45) is 9.42. The lowest BCUT2D eigenvalue weighted by atomic mass is 10.1. The van der Waals surface area contributed by atoms with Crippen molar-refractivity contribution in [1.29, 1.82) is 0 Å². The summed E-state index contributed by atoms with van der Waals surface area (Å²) in [5, 5.41) is 0.952. The molecule has 0 aliphatic heterocycles. The average molecular weight is 374 g/mol. The number of anilines is 1. The first kappa shape index (κ1) is 19.6. The van der Waals surface area contributed by atoms with Crippen LogP contribution in [0.3, 0.4) is 0 Å². The highest BCUT2D eigenvalue weighted by Gasteiger charge is 2.14. The monoisotopic (exact) mass is 374 g/mol. The van der Waals surface area contributed by atoms with E-state index in [4.69, 9.17) is 4.74 Å². The van der Waals surface area contributed by atoms with Crippen molar-refractivity contribution in [3.63, 3.8) is 0 Å². The highest BCUT2D eigenvalue weighted by Crippen LogP contribution is 2.23. The molecule has 3 aromatic rings. The van der Waals surface area contributed by atoms with E-state index in [1.807, 2.05) is 60.7 Å². The number of fused-ring (bicyclic) bond motifs is 1. The van der Waals surface area contributed by atoms with Crippen molar-refractivity contribution in [2.45, 2.75) is 26.2 Å². The zero-order chi connectivity index (χ0) is 19.8. The fourth-order valence-corrected chi connectivity index (χ4v) is 2.95. The van der Waals surface area contributed by atoms with Gasteiger partial charge in [-0.3, -0.25) is 9.78 Å². The third-order valence-electron chi connectivity index (χ3n) is 4.60. The number of pyridine rings is 1. The lowest BCUT2D eigenvalue weighted by Crippen LogP contribution is -2.26. The van der Waals surface area contributed by atoms with Gasteiger partial charge in [0.1, 0.15) is 12.4 Å². The van der Waals surface area contributed by atoms with Gasteiger partial charge in [0.25, 0.3) is 5.91 Å². The number of allylic oxidation sites excluding steroid dienone is 1. The fraction of sp³-hybridized carbons (Fsp3) is 0.250. The number of carbonyl (C=O) groups excluding carboxylic acids is 1. The van der Waals surface area contributed by atoms with Gasteiger partial charge in [-0.2, -0.15) is 0 Å². The SMILES string of the molecule is CCCCC=CCOc1cccc(N(C)C(=O)c2ccc3ncccc3c2)c1. The van der Waals surface area contributed by atoms with Gasteiger partial charge >= 0.3 is 0 Å². The van der Waals surface area contributed by atoms with Gasteiger partial charge in [0.15, 0.2) is 0 Å². The van der Waals surface area contributed by atoms with E-state index < -0.39 is 0 Å². The minimum atomic E-state index is -0.0673. The van der Waals surface area contributed by atoms with E-state index in [1.54, 1.807) is 18.1 Å². The summed E-state index contributed by atoms with van der Waals surface area (Å²) in [6.45, 7) is 2.71. The summed E-state index contributed by atoms with van der Waals surface area (Å²) < 4.78 is 5.79. The van der Waals surface area contributed by atoms with Crippen molar-refractivity contribution in [3.8, 4) is 5.75 Å². The first-order valence-electron chi connectivity index (χ1n) is 9.69. The van der Waals surface area contributed by atoms with Crippen LogP contribution in [0.2, 0.25) is 0 Å². The van der Waals surface area contributed by atoms with Gasteiger partial charge in [0, 0.05) is 35.9 Å². The number of carbonyl (C=O) groups is 1. The van der Waals surface area contributed by atoms with Gasteiger partial charge in [-0.25, -0.2) is 0 Å². The summed E-state index contributed by atoms with van der Waals surface area (Å²) in [4.78, 5) is 18.9. The van der Waals surface area contributed by atoms with Gasteiger partial charge in [-0.05, 0) is 42.8 Å². The fourth-order valence-electron chi connectivity index (χ4n) is 2.95. The van der Waals surface area contributed by atoms with E-state index in [1.165, 1.54) is 12.8 Å². The minimum absolute atomic E-state index is 0.0673. The zero-order valence-corrected chi connectivity index (χ0v) is 16.5. The van der Waals surface area contributed by atoms with Crippen LogP contribution in [0.25, 0.3) is 10.9 Å². The largest absolute Gasteiger partial charge is 0.489 e. The van der Waals surface area contributed by atoms with E-state index in [9.17, 15) is 4.79 Å². The number of hydrogen-bond acceptors (Lipinski definition) is 3. The van der Waals surface area contributed by atoms with E-state index >= 15 is 0 Å². The van der Waals surface area contributed by atoms with Gasteiger partial charge in [0.05, 0.1) is 5.52 Å². The molecule has 2 aromatic carbocycles. The second-order valence-corrected chi connectivity index (χ2v) is 6.70. The summed E-state index contributed by atoms with van der Waals surface area (Å²) in [7, 11) is 1.78. The molecule has 0 saturated heterocycles. The number of benzene rings is 2. The van der Waals surface area contributed by atoms with E-state index in [-0.39, 0.29) is 5.91 Å². The second-order valence-electron chi connectivity index (χ2n) is 6.70. The Labute approximate surface area is 166 Å². The molecule has 0 bridgehead atoms. The maximum atomic E-state index is 12.9. The third-order valence-corrected chi connectivity index (χ3v) is 4.60. The Balaban J connectivity index is 1.68. The standard InChI is InChI=1S/C24H26N2O2/c1-3-4-5-6-7-16-28-22-12-8-11-21(18-22)26(2)24(27)20-13-14-23-19(17-20)10-9-15-25-23/h6-15,17-18H,3-5,16H2,1-2H3. The van der Waals surface area contributed by atoms with Crippen molar-refractivity contribution in [2.75, 3.05) is 18.6 Å². The average Bonchev–Trinajstić information content (AvgIpc) is 2.75. The second kappa shape index (κ2) is 9.70. The molecule has 0 saturated carbocycles. The van der Waals surface area contributed by atoms with Crippen LogP contribution in [0.5, 0.6) is 5.75 Å². The lowest BCUT2D eigenvalue weighted by molar-refractivity contribution is 0.0993. The number of ether oxygens (including phenoxy) is 1. The highest BCUT2D eigenvalue weighted by molar-refractivity contribution is 6.07. The van der Waals surface area contributed by atoms with Gasteiger partial charge < -0.3 is 9.64 Å². The normalized spacial score (nSPS) is 11.1. The summed E-state index contributed by atoms with van der Waals surface area (Å²) >= 11 is 0. The van der Waals surface area contributed by atoms with Gasteiger partial charge in [-0.15, -0.1) is 0 Å². The number of aromatic nitrogens is 1. The van der Waals surface area contributed by atoms with E-state index in [0.29, 0.717) is 12.2 Å². The maximum absolute atomic E-state index is 12.9. The van der Waals surface area contributed by atoms with Crippen molar-refractivity contribution < 1.29 is 9.53 Å². The van der Waals surface area contributed by atoms with Crippen LogP contribution in [0.4, 0.5) is 5.69 Å². The molecule has 0 aliphatic rings. The molecule has 4 heteroatoms. The molecule has 0 atom stereocenters. The smallest absolute Gasteiger partial charge is 0.258 e. The van der Waals surface area contributed by atoms with Crippen LogP contribution in [0.15, 0.2) is 72.9 Å². The molecular formula is C24H26N2O2. The van der Waals surface area contributed by atoms with Crippen LogP contribution in [0, 0.1) is 0 Å². The van der Waals surface area contributed by atoms with Crippen molar-refractivity contribution >= 4 is 22.5 Å². The van der Waals surface area contributed by atoms with E-state index in [2.05, 4.69) is 18.0 Å². The lowest BCUT2D eigenvalue weighted by Gasteiger charge is -2.18. The minimum Gasteiger partial charge on any atom is -0.489 e. The molecule has 1 heterocycles. The van der Waals surface area contributed by atoms with Crippen LogP contribution >= 0.6 is 0 Å². The molecule has 28 heavy (non-hydrogen) atoms. The summed E-state index contributed by atoms with van der Waals surface area (Å²) in [5.41, 5.74) is 2.31. The summed E-state index contributed by atoms with van der Waals surface area (Å²) in [6, 6.07) is 17.0. The number of amides is 1. The Bertz CT molecular complexity index is 965. The van der Waals surface area contributed by atoms with Crippen molar-refractivity contribution in [2.24, 2.45) is 0 Å². The summed E-state index contributed by atoms with van der Waals surface area (Å²) in [5.74, 6) is 0.683. The molecule has 0 fully saturated rings. The van der Waals surface area contributed by atoms with Crippen molar-refractivity contribution in [1.82, 2.24) is 4.98 Å².